The van der Waals surface area contributed by atoms with E-state index in [1.807, 2.05) is 108 Å². The van der Waals surface area contributed by atoms with E-state index < -0.39 is 18.0 Å². The molecule has 1 fully saturated rings. The maximum Gasteiger partial charge on any atom is 0.409 e. The van der Waals surface area contributed by atoms with Crippen LogP contribution in [0.2, 0.25) is 0 Å². The van der Waals surface area contributed by atoms with Crippen LogP contribution in [0.4, 0.5) is 9.18 Å². The molecule has 0 saturated carbocycles. The maximum absolute atomic E-state index is 16.6. The standard InChI is InChI=1S/C37H28FN5O3/c38-37(19-24-10-11-25-5-1-2-6-27(25)17-24)20-30(23-43(37)36(44)45)46-33-9-3-7-26-12-13-31(41-35(26)33)32-22-40-34-18-28(14-16-42(32)34)29-8-4-15-39-21-29/h1-18,21-22,30H,19-20,23H2,(H,44,45). The fraction of sp³-hybridized carbons (Fsp3) is 0.135. The van der Waals surface area contributed by atoms with Crippen LogP contribution in [-0.4, -0.2) is 53.9 Å². The molecule has 0 bridgehead atoms. The lowest BCUT2D eigenvalue weighted by molar-refractivity contribution is 0.0103. The van der Waals surface area contributed by atoms with E-state index in [4.69, 9.17) is 9.72 Å². The molecule has 5 heterocycles. The monoisotopic (exact) mass is 609 g/mol. The van der Waals surface area contributed by atoms with Crippen molar-refractivity contribution in [2.24, 2.45) is 0 Å². The van der Waals surface area contributed by atoms with E-state index in [0.29, 0.717) is 17.0 Å². The van der Waals surface area contributed by atoms with Gasteiger partial charge in [0.1, 0.15) is 23.0 Å². The zero-order valence-corrected chi connectivity index (χ0v) is 24.6. The van der Waals surface area contributed by atoms with Crippen LogP contribution < -0.4 is 4.74 Å². The Kier molecular flexibility index (Phi) is 6.60. The molecule has 4 aromatic heterocycles. The van der Waals surface area contributed by atoms with E-state index in [1.54, 1.807) is 18.5 Å². The second-order valence-corrected chi connectivity index (χ2v) is 11.7. The number of ether oxygens (including phenoxy) is 1. The van der Waals surface area contributed by atoms with Crippen molar-refractivity contribution >= 4 is 33.4 Å². The van der Waals surface area contributed by atoms with E-state index in [1.165, 1.54) is 0 Å². The molecule has 8 nitrogen and oxygen atoms in total. The predicted octanol–water partition coefficient (Wildman–Crippen LogP) is 7.80. The highest BCUT2D eigenvalue weighted by atomic mass is 19.1. The van der Waals surface area contributed by atoms with Crippen molar-refractivity contribution in [3.8, 4) is 28.3 Å². The molecule has 1 amide bonds. The summed E-state index contributed by atoms with van der Waals surface area (Å²) in [5, 5.41) is 12.8. The number of aromatic nitrogens is 4. The van der Waals surface area contributed by atoms with Crippen molar-refractivity contribution in [3.63, 3.8) is 0 Å². The smallest absolute Gasteiger partial charge is 0.409 e. The number of likely N-dealkylation sites (tertiary alicyclic amines) is 1. The lowest BCUT2D eigenvalue weighted by Crippen LogP contribution is -2.44. The van der Waals surface area contributed by atoms with Crippen LogP contribution in [-0.2, 0) is 6.42 Å². The van der Waals surface area contributed by atoms with Crippen molar-refractivity contribution in [3.05, 3.63) is 127 Å². The first-order valence-corrected chi connectivity index (χ1v) is 15.1. The van der Waals surface area contributed by atoms with Gasteiger partial charge in [0.15, 0.2) is 5.79 Å². The molecule has 1 aliphatic heterocycles. The van der Waals surface area contributed by atoms with Gasteiger partial charge in [-0.3, -0.25) is 14.3 Å². The number of benzene rings is 3. The van der Waals surface area contributed by atoms with Crippen molar-refractivity contribution in [1.82, 2.24) is 24.3 Å². The fourth-order valence-electron chi connectivity index (χ4n) is 6.47. The van der Waals surface area contributed by atoms with E-state index in [2.05, 4.69) is 9.97 Å². The Morgan fingerprint density at radius 1 is 0.913 bits per heavy atom. The number of para-hydroxylation sites is 1. The SMILES string of the molecule is O=C(O)N1CC(Oc2cccc3ccc(-c4cnc5cc(-c6cccnc6)ccn45)nc23)CC1(F)Cc1ccc2ccccc2c1. The van der Waals surface area contributed by atoms with Gasteiger partial charge >= 0.3 is 6.09 Å². The van der Waals surface area contributed by atoms with Gasteiger partial charge in [0.2, 0.25) is 0 Å². The third-order valence-electron chi connectivity index (χ3n) is 8.68. The molecule has 1 saturated heterocycles. The van der Waals surface area contributed by atoms with E-state index >= 15 is 4.39 Å². The van der Waals surface area contributed by atoms with Gasteiger partial charge in [-0.1, -0.05) is 66.7 Å². The van der Waals surface area contributed by atoms with Crippen molar-refractivity contribution in [1.29, 1.82) is 0 Å². The Morgan fingerprint density at radius 3 is 2.61 bits per heavy atom. The minimum absolute atomic E-state index is 0.0707. The molecule has 9 heteroatoms. The molecule has 0 aliphatic carbocycles. The molecule has 8 rings (SSSR count). The highest BCUT2D eigenvalue weighted by molar-refractivity contribution is 5.87. The Labute approximate surface area is 263 Å². The number of carbonyl (C=O) groups is 1. The Bertz CT molecular complexity index is 2260. The van der Waals surface area contributed by atoms with Crippen LogP contribution in [0.25, 0.3) is 49.8 Å². The molecular weight excluding hydrogens is 581 g/mol. The van der Waals surface area contributed by atoms with Crippen molar-refractivity contribution in [2.45, 2.75) is 24.7 Å². The number of nitrogens with zero attached hydrogens (tertiary/aromatic N) is 5. The number of rotatable bonds is 6. The zero-order valence-electron chi connectivity index (χ0n) is 24.6. The number of fused-ring (bicyclic) bond motifs is 3. The minimum atomic E-state index is -2.12. The summed E-state index contributed by atoms with van der Waals surface area (Å²) in [7, 11) is 0. The van der Waals surface area contributed by atoms with Gasteiger partial charge in [-0.25, -0.2) is 19.2 Å². The van der Waals surface area contributed by atoms with Crippen LogP contribution >= 0.6 is 0 Å². The summed E-state index contributed by atoms with van der Waals surface area (Å²) in [5.41, 5.74) is 5.62. The Balaban J connectivity index is 1.08. The van der Waals surface area contributed by atoms with Gasteiger partial charge in [-0.2, -0.15) is 0 Å². The number of alkyl halides is 1. The number of hydrogen-bond donors (Lipinski definition) is 1. The average Bonchev–Trinajstić information content (AvgIpc) is 3.65. The number of halogens is 1. The summed E-state index contributed by atoms with van der Waals surface area (Å²) >= 11 is 0. The van der Waals surface area contributed by atoms with Gasteiger partial charge in [0.05, 0.1) is 24.1 Å². The molecule has 7 aromatic rings. The predicted molar refractivity (Wildman–Crippen MR) is 174 cm³/mol. The number of amides is 1. The van der Waals surface area contributed by atoms with Crippen LogP contribution in [0.1, 0.15) is 12.0 Å². The highest BCUT2D eigenvalue weighted by Gasteiger charge is 2.50. The van der Waals surface area contributed by atoms with E-state index in [9.17, 15) is 9.90 Å². The van der Waals surface area contributed by atoms with E-state index in [0.717, 1.165) is 49.1 Å². The third kappa shape index (κ3) is 4.95. The second-order valence-electron chi connectivity index (χ2n) is 11.7. The summed E-state index contributed by atoms with van der Waals surface area (Å²) in [6.07, 6.45) is 5.13. The van der Waals surface area contributed by atoms with Crippen LogP contribution in [0.5, 0.6) is 5.75 Å². The zero-order chi connectivity index (χ0) is 31.3. The topological polar surface area (TPSA) is 92.8 Å². The fourth-order valence-corrected chi connectivity index (χ4v) is 6.47. The number of carboxylic acid groups (broad SMARTS) is 1. The molecule has 2 unspecified atom stereocenters. The molecule has 2 atom stereocenters. The summed E-state index contributed by atoms with van der Waals surface area (Å²) in [6, 6.07) is 31.0. The quantitative estimate of drug-likeness (QED) is 0.193. The third-order valence-corrected chi connectivity index (χ3v) is 8.68. The van der Waals surface area contributed by atoms with Gasteiger partial charge in [-0.15, -0.1) is 0 Å². The molecule has 3 aromatic carbocycles. The molecular formula is C37H28FN5O3. The minimum Gasteiger partial charge on any atom is -0.486 e. The van der Waals surface area contributed by atoms with Crippen molar-refractivity contribution in [2.75, 3.05) is 6.54 Å². The molecule has 1 N–H and O–H groups in total. The van der Waals surface area contributed by atoms with Crippen LogP contribution in [0.3, 0.4) is 0 Å². The summed E-state index contributed by atoms with van der Waals surface area (Å²) < 4.78 is 24.9. The highest BCUT2D eigenvalue weighted by Crippen LogP contribution is 2.38. The number of pyridine rings is 3. The summed E-state index contributed by atoms with van der Waals surface area (Å²) in [5.74, 6) is -1.65. The first-order chi connectivity index (χ1) is 22.4. The largest absolute Gasteiger partial charge is 0.486 e. The summed E-state index contributed by atoms with van der Waals surface area (Å²) in [4.78, 5) is 26.9. The molecule has 0 radical (unpaired) electrons. The van der Waals surface area contributed by atoms with Crippen LogP contribution in [0, 0.1) is 0 Å². The van der Waals surface area contributed by atoms with Gasteiger partial charge in [0.25, 0.3) is 0 Å². The van der Waals surface area contributed by atoms with Crippen molar-refractivity contribution < 1.29 is 19.0 Å². The first kappa shape index (κ1) is 27.7. The Hall–Kier alpha value is -5.83. The Morgan fingerprint density at radius 2 is 1.76 bits per heavy atom. The van der Waals surface area contributed by atoms with Gasteiger partial charge < -0.3 is 9.84 Å². The number of imidazole rings is 1. The number of hydrogen-bond acceptors (Lipinski definition) is 5. The first-order valence-electron chi connectivity index (χ1n) is 15.1. The normalized spacial score (nSPS) is 18.0. The average molecular weight is 610 g/mol. The van der Waals surface area contributed by atoms with Gasteiger partial charge in [-0.05, 0) is 52.2 Å². The summed E-state index contributed by atoms with van der Waals surface area (Å²) in [6.45, 7) is -0.0952. The molecule has 1 aliphatic rings. The molecule has 46 heavy (non-hydrogen) atoms. The maximum atomic E-state index is 16.6. The second kappa shape index (κ2) is 11.0. The molecule has 0 spiro atoms. The molecule has 226 valence electrons. The van der Waals surface area contributed by atoms with E-state index in [-0.39, 0.29) is 19.4 Å². The van der Waals surface area contributed by atoms with Crippen LogP contribution in [0.15, 0.2) is 122 Å². The lowest BCUT2D eigenvalue weighted by atomic mass is 9.98. The lowest BCUT2D eigenvalue weighted by Gasteiger charge is -2.28. The van der Waals surface area contributed by atoms with Gasteiger partial charge in [0, 0.05) is 42.4 Å².